The molecule has 0 saturated heterocycles. The maximum atomic E-state index is 12.2. The summed E-state index contributed by atoms with van der Waals surface area (Å²) >= 11 is 9.29. The van der Waals surface area contributed by atoms with Crippen LogP contribution in [0.5, 0.6) is 5.75 Å². The lowest BCUT2D eigenvalue weighted by molar-refractivity contribution is -0.274. The smallest absolute Gasteiger partial charge is 0.406 e. The minimum absolute atomic E-state index is 0.0939. The molecule has 0 bridgehead atoms. The van der Waals surface area contributed by atoms with Gasteiger partial charge in [-0.05, 0) is 55.5 Å². The molecule has 0 aliphatic carbocycles. The maximum Gasteiger partial charge on any atom is 0.573 e. The molecule has 0 fully saturated rings. The van der Waals surface area contributed by atoms with Crippen molar-refractivity contribution >= 4 is 53.0 Å². The van der Waals surface area contributed by atoms with E-state index in [0.717, 1.165) is 23.4 Å². The number of ketones is 1. The van der Waals surface area contributed by atoms with Gasteiger partial charge in [-0.25, -0.2) is 0 Å². The Morgan fingerprint density at radius 3 is 2.22 bits per heavy atom. The highest BCUT2D eigenvalue weighted by Crippen LogP contribution is 2.24. The van der Waals surface area contributed by atoms with E-state index in [1.54, 1.807) is 0 Å². The Bertz CT molecular complexity index is 939. The molecule has 1 unspecified atom stereocenters. The Morgan fingerprint density at radius 2 is 1.62 bits per heavy atom. The van der Waals surface area contributed by atoms with Crippen molar-refractivity contribution in [1.29, 1.82) is 0 Å². The zero-order valence-corrected chi connectivity index (χ0v) is 18.5. The van der Waals surface area contributed by atoms with Crippen LogP contribution in [0.25, 0.3) is 0 Å². The predicted octanol–water partition coefficient (Wildman–Crippen LogP) is 3.93. The number of amides is 1. The van der Waals surface area contributed by atoms with Gasteiger partial charge < -0.3 is 15.4 Å². The fourth-order valence-corrected chi connectivity index (χ4v) is 2.95. The van der Waals surface area contributed by atoms with E-state index in [-0.39, 0.29) is 17.3 Å². The quantitative estimate of drug-likeness (QED) is 0.127. The van der Waals surface area contributed by atoms with Crippen molar-refractivity contribution in [2.75, 3.05) is 10.6 Å². The first-order valence-corrected chi connectivity index (χ1v) is 10.2. The molecule has 0 saturated carbocycles. The number of alkyl halides is 3. The van der Waals surface area contributed by atoms with Gasteiger partial charge in [-0.15, -0.1) is 13.2 Å². The van der Waals surface area contributed by atoms with Gasteiger partial charge in [-0.3, -0.25) is 20.4 Å². The molecule has 172 valence electrons. The molecule has 0 spiro atoms. The molecule has 0 aliphatic heterocycles. The summed E-state index contributed by atoms with van der Waals surface area (Å²) in [4.78, 5) is 24.0. The molecule has 1 atom stereocenters. The van der Waals surface area contributed by atoms with Gasteiger partial charge in [-0.1, -0.05) is 17.7 Å². The number of Topliss-reactive ketones (excluding diaryl/α,β-unsaturated/α-hetero) is 1. The fourth-order valence-electron chi connectivity index (χ4n) is 2.43. The normalized spacial score (nSPS) is 11.8. The van der Waals surface area contributed by atoms with Crippen LogP contribution in [0.2, 0.25) is 0 Å². The van der Waals surface area contributed by atoms with Crippen molar-refractivity contribution in [3.63, 3.8) is 0 Å². The largest absolute Gasteiger partial charge is 0.573 e. The van der Waals surface area contributed by atoms with E-state index in [9.17, 15) is 22.8 Å². The number of anilines is 2. The molecule has 2 aromatic carbocycles. The molecule has 0 aliphatic rings. The number of hydrogen-bond donors (Lipinski definition) is 5. The summed E-state index contributed by atoms with van der Waals surface area (Å²) < 4.78 is 40.3. The molecule has 0 aromatic heterocycles. The average molecular weight is 487 g/mol. The van der Waals surface area contributed by atoms with E-state index in [1.165, 1.54) is 12.1 Å². The lowest BCUT2D eigenvalue weighted by Crippen LogP contribution is -2.44. The summed E-state index contributed by atoms with van der Waals surface area (Å²) in [7, 11) is 0. The highest BCUT2D eigenvalue weighted by atomic mass is 32.1. The maximum absolute atomic E-state index is 12.2. The second-order valence-electron chi connectivity index (χ2n) is 6.65. The lowest BCUT2D eigenvalue weighted by atomic mass is 10.2. The highest BCUT2D eigenvalue weighted by Gasteiger charge is 2.31. The third kappa shape index (κ3) is 9.88. The summed E-state index contributed by atoms with van der Waals surface area (Å²) in [6, 6.07) is 12.4. The molecular formula is C20H21F3N4O3S2. The number of hydrogen-bond acceptors (Lipinski definition) is 6. The molecule has 12 heteroatoms. The average Bonchev–Trinajstić information content (AvgIpc) is 2.68. The van der Waals surface area contributed by atoms with E-state index < -0.39 is 29.8 Å². The molecule has 7 nitrogen and oxygen atoms in total. The summed E-state index contributed by atoms with van der Waals surface area (Å²) in [5, 5.41) is 5.23. The standard InChI is InChI=1S/C20H21F3N4O3S2/c1-12-2-4-14(5-3-12)25-19(32)27-26-17(29)10-15(28)11-18(31)24-13-6-8-16(9-7-13)30-20(21,22)23/h2-9,18,24,31H,10-11H2,1H3,(H,26,29)(H2,25,27,32). The van der Waals surface area contributed by atoms with Crippen molar-refractivity contribution in [2.24, 2.45) is 0 Å². The number of nitrogens with one attached hydrogen (secondary N) is 4. The number of carbonyl (C=O) groups is 2. The van der Waals surface area contributed by atoms with Gasteiger partial charge in [0, 0.05) is 17.8 Å². The zero-order valence-electron chi connectivity index (χ0n) is 16.8. The number of hydrazine groups is 1. The first-order valence-electron chi connectivity index (χ1n) is 9.25. The van der Waals surface area contributed by atoms with Crippen LogP contribution in [0, 0.1) is 6.92 Å². The van der Waals surface area contributed by atoms with Gasteiger partial charge in [0.25, 0.3) is 0 Å². The predicted molar refractivity (Wildman–Crippen MR) is 122 cm³/mol. The van der Waals surface area contributed by atoms with Gasteiger partial charge >= 0.3 is 6.36 Å². The first kappa shape index (κ1) is 25.3. The van der Waals surface area contributed by atoms with Crippen LogP contribution in [0.4, 0.5) is 24.5 Å². The van der Waals surface area contributed by atoms with Gasteiger partial charge in [0.2, 0.25) is 5.91 Å². The van der Waals surface area contributed by atoms with Crippen molar-refractivity contribution in [2.45, 2.75) is 31.5 Å². The molecule has 4 N–H and O–H groups in total. The van der Waals surface area contributed by atoms with Crippen LogP contribution >= 0.6 is 24.8 Å². The van der Waals surface area contributed by atoms with E-state index in [0.29, 0.717) is 5.69 Å². The highest BCUT2D eigenvalue weighted by molar-refractivity contribution is 7.81. The van der Waals surface area contributed by atoms with Crippen LogP contribution < -0.4 is 26.2 Å². The molecule has 0 radical (unpaired) electrons. The van der Waals surface area contributed by atoms with Gasteiger partial charge in [-0.2, -0.15) is 12.6 Å². The Balaban J connectivity index is 1.70. The SMILES string of the molecule is Cc1ccc(NC(=S)NNC(=O)CC(=O)CC(S)Nc2ccc(OC(F)(F)F)cc2)cc1. The van der Waals surface area contributed by atoms with Crippen LogP contribution in [0.1, 0.15) is 18.4 Å². The van der Waals surface area contributed by atoms with Crippen LogP contribution in [0.15, 0.2) is 48.5 Å². The number of carbonyl (C=O) groups excluding carboxylic acids is 2. The molecule has 1 amide bonds. The third-order valence-corrected chi connectivity index (χ3v) is 4.34. The minimum Gasteiger partial charge on any atom is -0.406 e. The van der Waals surface area contributed by atoms with E-state index in [1.807, 2.05) is 31.2 Å². The number of thiocarbonyl (C=S) groups is 1. The van der Waals surface area contributed by atoms with Gasteiger partial charge in [0.15, 0.2) is 5.11 Å². The monoisotopic (exact) mass is 486 g/mol. The lowest BCUT2D eigenvalue weighted by Gasteiger charge is -2.15. The number of rotatable bonds is 8. The molecular weight excluding hydrogens is 465 g/mol. The van der Waals surface area contributed by atoms with Crippen molar-refractivity contribution in [3.8, 4) is 5.75 Å². The van der Waals surface area contributed by atoms with E-state index >= 15 is 0 Å². The third-order valence-electron chi connectivity index (χ3n) is 3.82. The number of halogens is 3. The topological polar surface area (TPSA) is 91.5 Å². The summed E-state index contributed by atoms with van der Waals surface area (Å²) in [5.74, 6) is -1.35. The Morgan fingerprint density at radius 1 is 1.03 bits per heavy atom. The van der Waals surface area contributed by atoms with Gasteiger partial charge in [0.05, 0.1) is 11.8 Å². The number of aryl methyl sites for hydroxylation is 1. The summed E-state index contributed by atoms with van der Waals surface area (Å²) in [6.45, 7) is 1.95. The Hall–Kier alpha value is -2.99. The van der Waals surface area contributed by atoms with Crippen LogP contribution in [-0.4, -0.2) is 28.5 Å². The molecule has 32 heavy (non-hydrogen) atoms. The van der Waals surface area contributed by atoms with E-state index in [4.69, 9.17) is 12.2 Å². The van der Waals surface area contributed by atoms with Gasteiger partial charge in [0.1, 0.15) is 11.5 Å². The summed E-state index contributed by atoms with van der Waals surface area (Å²) in [5.41, 5.74) is 7.10. The van der Waals surface area contributed by atoms with Crippen LogP contribution in [-0.2, 0) is 9.59 Å². The van der Waals surface area contributed by atoms with Crippen molar-refractivity contribution in [3.05, 3.63) is 54.1 Å². The summed E-state index contributed by atoms with van der Waals surface area (Å²) in [6.07, 6.45) is -5.27. The number of ether oxygens (including phenoxy) is 1. The number of benzene rings is 2. The molecule has 2 aromatic rings. The van der Waals surface area contributed by atoms with E-state index in [2.05, 4.69) is 38.9 Å². The van der Waals surface area contributed by atoms with Crippen molar-refractivity contribution in [1.82, 2.24) is 10.9 Å². The van der Waals surface area contributed by atoms with Crippen LogP contribution in [0.3, 0.4) is 0 Å². The van der Waals surface area contributed by atoms with Crippen molar-refractivity contribution < 1.29 is 27.5 Å². The Kier molecular flexibility index (Phi) is 9.14. The fraction of sp³-hybridized carbons (Fsp3) is 0.250. The number of thiol groups is 1. The zero-order chi connectivity index (χ0) is 23.7. The second kappa shape index (κ2) is 11.6. The molecule has 0 heterocycles. The minimum atomic E-state index is -4.77. The molecule has 2 rings (SSSR count). The first-order chi connectivity index (χ1) is 15.0. The Labute approximate surface area is 193 Å². The second-order valence-corrected chi connectivity index (χ2v) is 7.68.